The molecule has 0 amide bonds. The second kappa shape index (κ2) is 6.73. The van der Waals surface area contributed by atoms with E-state index in [-0.39, 0.29) is 23.1 Å². The number of esters is 1. The second-order valence-electron chi connectivity index (χ2n) is 5.97. The summed E-state index contributed by atoms with van der Waals surface area (Å²) in [6, 6.07) is 7.70. The van der Waals surface area contributed by atoms with Gasteiger partial charge in [0.25, 0.3) is 0 Å². The molecule has 0 fully saturated rings. The highest BCUT2D eigenvalue weighted by molar-refractivity contribution is 7.19. The largest absolute Gasteiger partial charge is 0.469 e. The minimum atomic E-state index is -0.310. The summed E-state index contributed by atoms with van der Waals surface area (Å²) in [5, 5.41) is -0.0485. The first-order chi connectivity index (χ1) is 9.15. The van der Waals surface area contributed by atoms with Crippen LogP contribution in [0.2, 0.25) is 0 Å². The van der Waals surface area contributed by atoms with Crippen LogP contribution < -0.4 is 5.46 Å². The lowest BCUT2D eigenvalue weighted by Gasteiger charge is -2.39. The molecule has 5 heteroatoms. The Morgan fingerprint density at radius 2 is 1.95 bits per heavy atom. The van der Waals surface area contributed by atoms with Crippen molar-refractivity contribution in [3.05, 3.63) is 29.8 Å². The number of hydrogen-bond donors (Lipinski definition) is 0. The van der Waals surface area contributed by atoms with Gasteiger partial charge in [-0.2, -0.15) is 0 Å². The fourth-order valence-corrected chi connectivity index (χ4v) is 1.45. The molecule has 0 aliphatic rings. The van der Waals surface area contributed by atoms with E-state index in [1.54, 1.807) is 7.48 Å². The molecule has 20 heavy (non-hydrogen) atoms. The number of rotatable bonds is 6. The van der Waals surface area contributed by atoms with Crippen LogP contribution in [0.1, 0.15) is 33.3 Å². The van der Waals surface area contributed by atoms with Gasteiger partial charge >= 0.3 is 13.5 Å². The Morgan fingerprint density at radius 1 is 1.30 bits per heavy atom. The van der Waals surface area contributed by atoms with E-state index in [4.69, 9.17) is 4.65 Å². The van der Waals surface area contributed by atoms with Crippen LogP contribution >= 0.6 is 9.24 Å². The zero-order valence-electron chi connectivity index (χ0n) is 12.9. The molecule has 0 N–H and O–H groups in total. The van der Waals surface area contributed by atoms with Gasteiger partial charge < -0.3 is 9.39 Å². The van der Waals surface area contributed by atoms with Crippen LogP contribution in [0.5, 0.6) is 0 Å². The molecule has 109 valence electrons. The Bertz CT molecular complexity index is 466. The SMILES string of the molecule is COC(=O)Cc1cccc([B]OC(C)(C)C(C)(C)P)c1. The molecule has 1 aromatic carbocycles. The molecule has 1 rings (SSSR count). The van der Waals surface area contributed by atoms with Gasteiger partial charge in [-0.05, 0) is 19.4 Å². The summed E-state index contributed by atoms with van der Waals surface area (Å²) in [7, 11) is 5.94. The van der Waals surface area contributed by atoms with Gasteiger partial charge in [-0.3, -0.25) is 4.79 Å². The quantitative estimate of drug-likeness (QED) is 0.458. The Kier molecular flexibility index (Phi) is 5.79. The fourth-order valence-electron chi connectivity index (χ4n) is 1.38. The standard InChI is InChI=1S/C15H23BO3P/c1-14(2,15(3,4)20)19-16-12-8-6-7-11(9-12)10-13(17)18-5/h6-9H,10,20H2,1-5H3. The molecular formula is C15H23BO3P. The molecule has 1 aromatic rings. The van der Waals surface area contributed by atoms with E-state index in [1.165, 1.54) is 7.11 Å². The lowest BCUT2D eigenvalue weighted by molar-refractivity contribution is -0.139. The summed E-state index contributed by atoms with van der Waals surface area (Å²) in [4.78, 5) is 11.3. The summed E-state index contributed by atoms with van der Waals surface area (Å²) in [6.45, 7) is 8.32. The molecule has 0 heterocycles. The Balaban J connectivity index is 2.70. The third-order valence-electron chi connectivity index (χ3n) is 3.57. The summed E-state index contributed by atoms with van der Waals surface area (Å²) >= 11 is 0. The molecule has 1 unspecified atom stereocenters. The lowest BCUT2D eigenvalue weighted by atomic mass is 9.83. The van der Waals surface area contributed by atoms with E-state index >= 15 is 0 Å². The molecule has 0 saturated carbocycles. The minimum Gasteiger partial charge on any atom is -0.469 e. The van der Waals surface area contributed by atoms with Crippen molar-refractivity contribution in [2.24, 2.45) is 0 Å². The molecule has 0 aliphatic carbocycles. The molecule has 0 bridgehead atoms. The number of hydrogen-bond acceptors (Lipinski definition) is 3. The number of ether oxygens (including phenoxy) is 1. The smallest absolute Gasteiger partial charge is 0.330 e. The molecule has 3 nitrogen and oxygen atoms in total. The van der Waals surface area contributed by atoms with Crippen molar-refractivity contribution in [1.82, 2.24) is 0 Å². The average Bonchev–Trinajstić information content (AvgIpc) is 2.35. The lowest BCUT2D eigenvalue weighted by Crippen LogP contribution is -2.45. The van der Waals surface area contributed by atoms with E-state index in [2.05, 4.69) is 41.7 Å². The third-order valence-corrected chi connectivity index (χ3v) is 4.26. The highest BCUT2D eigenvalue weighted by atomic mass is 31.0. The van der Waals surface area contributed by atoms with Crippen LogP contribution in [-0.2, 0) is 20.6 Å². The zero-order chi connectivity index (χ0) is 15.4. The molecular weight excluding hydrogens is 270 g/mol. The molecule has 1 radical (unpaired) electrons. The molecule has 0 spiro atoms. The molecule has 0 aromatic heterocycles. The van der Waals surface area contributed by atoms with Crippen LogP contribution in [0.3, 0.4) is 0 Å². The highest BCUT2D eigenvalue weighted by Crippen LogP contribution is 2.32. The normalized spacial score (nSPS) is 12.1. The van der Waals surface area contributed by atoms with Gasteiger partial charge in [0, 0.05) is 5.16 Å². The van der Waals surface area contributed by atoms with Crippen molar-refractivity contribution in [1.29, 1.82) is 0 Å². The predicted octanol–water partition coefficient (Wildman–Crippen LogP) is 2.10. The highest BCUT2D eigenvalue weighted by Gasteiger charge is 2.33. The van der Waals surface area contributed by atoms with Crippen molar-refractivity contribution in [2.45, 2.75) is 44.9 Å². The number of methoxy groups -OCH3 is 1. The fraction of sp³-hybridized carbons (Fsp3) is 0.533. The summed E-state index contributed by atoms with van der Waals surface area (Å²) in [5.74, 6) is -0.241. The van der Waals surface area contributed by atoms with E-state index in [9.17, 15) is 4.79 Å². The average molecular weight is 293 g/mol. The van der Waals surface area contributed by atoms with Gasteiger partial charge in [-0.1, -0.05) is 43.6 Å². The van der Waals surface area contributed by atoms with Gasteiger partial charge in [0.15, 0.2) is 0 Å². The van der Waals surface area contributed by atoms with Crippen molar-refractivity contribution < 1.29 is 14.2 Å². The predicted molar refractivity (Wildman–Crippen MR) is 86.5 cm³/mol. The van der Waals surface area contributed by atoms with Crippen LogP contribution in [-0.4, -0.2) is 31.3 Å². The van der Waals surface area contributed by atoms with Gasteiger partial charge in [0.2, 0.25) is 0 Å². The topological polar surface area (TPSA) is 35.5 Å². The van der Waals surface area contributed by atoms with Crippen LogP contribution in [0.4, 0.5) is 0 Å². The molecule has 0 aliphatic heterocycles. The number of benzene rings is 1. The number of carbonyl (C=O) groups is 1. The Labute approximate surface area is 124 Å². The monoisotopic (exact) mass is 293 g/mol. The van der Waals surface area contributed by atoms with Gasteiger partial charge in [-0.15, -0.1) is 9.24 Å². The first-order valence-corrected chi connectivity index (χ1v) is 7.19. The first-order valence-electron chi connectivity index (χ1n) is 6.61. The Hall–Kier alpha value is -0.855. The van der Waals surface area contributed by atoms with Gasteiger partial charge in [0.1, 0.15) is 0 Å². The van der Waals surface area contributed by atoms with Gasteiger partial charge in [0.05, 0.1) is 19.1 Å². The maximum atomic E-state index is 11.3. The molecule has 0 saturated heterocycles. The van der Waals surface area contributed by atoms with Crippen molar-refractivity contribution in [3.8, 4) is 0 Å². The van der Waals surface area contributed by atoms with Crippen LogP contribution in [0.25, 0.3) is 0 Å². The van der Waals surface area contributed by atoms with E-state index in [0.29, 0.717) is 0 Å². The van der Waals surface area contributed by atoms with Crippen LogP contribution in [0.15, 0.2) is 24.3 Å². The summed E-state index contributed by atoms with van der Waals surface area (Å²) in [5.41, 5.74) is 1.54. The Morgan fingerprint density at radius 3 is 2.50 bits per heavy atom. The summed E-state index contributed by atoms with van der Waals surface area (Å²) < 4.78 is 10.6. The van der Waals surface area contributed by atoms with E-state index < -0.39 is 0 Å². The second-order valence-corrected chi connectivity index (χ2v) is 7.41. The molecule has 1 atom stereocenters. The van der Waals surface area contributed by atoms with E-state index in [1.807, 2.05) is 24.3 Å². The zero-order valence-corrected chi connectivity index (χ0v) is 14.1. The first kappa shape index (κ1) is 17.2. The van der Waals surface area contributed by atoms with E-state index in [0.717, 1.165) is 11.0 Å². The maximum absolute atomic E-state index is 11.3. The van der Waals surface area contributed by atoms with Crippen molar-refractivity contribution >= 4 is 28.2 Å². The van der Waals surface area contributed by atoms with Crippen LogP contribution in [0, 0.1) is 0 Å². The number of carbonyl (C=O) groups excluding carboxylic acids is 1. The van der Waals surface area contributed by atoms with Gasteiger partial charge in [-0.25, -0.2) is 0 Å². The minimum absolute atomic E-state index is 0.0485. The van der Waals surface area contributed by atoms with Crippen molar-refractivity contribution in [2.75, 3.05) is 7.11 Å². The summed E-state index contributed by atoms with van der Waals surface area (Å²) in [6.07, 6.45) is 0.274. The third kappa shape index (κ3) is 4.92. The van der Waals surface area contributed by atoms with Crippen molar-refractivity contribution in [3.63, 3.8) is 0 Å². The maximum Gasteiger partial charge on any atom is 0.330 e.